The molecule has 32 heavy (non-hydrogen) atoms. The first-order valence-electron chi connectivity index (χ1n) is 10.9. The number of benzene rings is 2. The quantitative estimate of drug-likeness (QED) is 0.540. The molecule has 0 aliphatic heterocycles. The van der Waals surface area contributed by atoms with E-state index in [1.54, 1.807) is 19.3 Å². The summed E-state index contributed by atoms with van der Waals surface area (Å²) in [7, 11) is 1.61. The SMILES string of the molecule is Cc1cnn(C2CCCc3ccccc32)c1NC(=O)Cc1nn(C)c(=O)c2ccccc12. The first-order valence-corrected chi connectivity index (χ1v) is 10.9. The summed E-state index contributed by atoms with van der Waals surface area (Å²) in [6, 6.07) is 15.8. The Hall–Kier alpha value is -3.74. The van der Waals surface area contributed by atoms with Gasteiger partial charge in [0.25, 0.3) is 5.56 Å². The van der Waals surface area contributed by atoms with Crippen molar-refractivity contribution >= 4 is 22.5 Å². The third kappa shape index (κ3) is 3.49. The second-order valence-corrected chi connectivity index (χ2v) is 8.37. The Morgan fingerprint density at radius 1 is 1.12 bits per heavy atom. The maximum Gasteiger partial charge on any atom is 0.274 e. The Morgan fingerprint density at radius 2 is 1.88 bits per heavy atom. The maximum atomic E-state index is 13.1. The highest BCUT2D eigenvalue weighted by molar-refractivity contribution is 5.95. The van der Waals surface area contributed by atoms with Crippen molar-refractivity contribution in [2.24, 2.45) is 7.05 Å². The molecule has 0 bridgehead atoms. The summed E-state index contributed by atoms with van der Waals surface area (Å²) in [5, 5.41) is 13.3. The third-order valence-electron chi connectivity index (χ3n) is 6.23. The number of hydrogen-bond donors (Lipinski definition) is 1. The fourth-order valence-corrected chi connectivity index (χ4v) is 4.66. The number of nitrogens with one attached hydrogen (secondary N) is 1. The van der Waals surface area contributed by atoms with E-state index in [1.165, 1.54) is 15.8 Å². The summed E-state index contributed by atoms with van der Waals surface area (Å²) in [5.74, 6) is 0.529. The van der Waals surface area contributed by atoms with Crippen LogP contribution in [0.4, 0.5) is 5.82 Å². The molecule has 0 fully saturated rings. The average molecular weight is 428 g/mol. The normalized spacial score (nSPS) is 15.5. The molecule has 1 N–H and O–H groups in total. The van der Waals surface area contributed by atoms with Crippen molar-refractivity contribution in [3.05, 3.63) is 87.5 Å². The molecule has 0 saturated carbocycles. The van der Waals surface area contributed by atoms with Gasteiger partial charge in [0.15, 0.2) is 0 Å². The number of carbonyl (C=O) groups is 1. The average Bonchev–Trinajstić information content (AvgIpc) is 3.16. The summed E-state index contributed by atoms with van der Waals surface area (Å²) in [5.41, 5.74) is 3.93. The number of anilines is 1. The fourth-order valence-electron chi connectivity index (χ4n) is 4.66. The van der Waals surface area contributed by atoms with Crippen LogP contribution in [0.5, 0.6) is 0 Å². The van der Waals surface area contributed by atoms with Crippen molar-refractivity contribution in [1.82, 2.24) is 19.6 Å². The number of aryl methyl sites for hydroxylation is 3. The monoisotopic (exact) mass is 427 g/mol. The summed E-state index contributed by atoms with van der Waals surface area (Å²) >= 11 is 0. The minimum Gasteiger partial charge on any atom is -0.310 e. The minimum atomic E-state index is -0.185. The molecule has 7 heteroatoms. The number of hydrogen-bond acceptors (Lipinski definition) is 4. The third-order valence-corrected chi connectivity index (χ3v) is 6.23. The van der Waals surface area contributed by atoms with Crippen molar-refractivity contribution < 1.29 is 4.79 Å². The van der Waals surface area contributed by atoms with Gasteiger partial charge in [-0.05, 0) is 43.4 Å². The molecule has 5 rings (SSSR count). The van der Waals surface area contributed by atoms with Gasteiger partial charge in [-0.3, -0.25) is 9.59 Å². The highest BCUT2D eigenvalue weighted by atomic mass is 16.2. The summed E-state index contributed by atoms with van der Waals surface area (Å²) in [4.78, 5) is 25.4. The smallest absolute Gasteiger partial charge is 0.274 e. The van der Waals surface area contributed by atoms with Gasteiger partial charge in [-0.15, -0.1) is 0 Å². The van der Waals surface area contributed by atoms with Crippen molar-refractivity contribution in [3.63, 3.8) is 0 Å². The number of carbonyl (C=O) groups excluding carboxylic acids is 1. The molecule has 0 radical (unpaired) electrons. The van der Waals surface area contributed by atoms with Crippen LogP contribution >= 0.6 is 0 Å². The number of nitrogens with zero attached hydrogens (tertiary/aromatic N) is 4. The minimum absolute atomic E-state index is 0.0699. The predicted molar refractivity (Wildman–Crippen MR) is 124 cm³/mol. The van der Waals surface area contributed by atoms with Gasteiger partial charge in [0.2, 0.25) is 5.91 Å². The Bertz CT molecular complexity index is 1380. The van der Waals surface area contributed by atoms with Crippen molar-refractivity contribution in [3.8, 4) is 0 Å². The van der Waals surface area contributed by atoms with Crippen LogP contribution < -0.4 is 10.9 Å². The zero-order valence-corrected chi connectivity index (χ0v) is 18.2. The first-order chi connectivity index (χ1) is 15.5. The van der Waals surface area contributed by atoms with Gasteiger partial charge in [0.05, 0.1) is 29.7 Å². The van der Waals surface area contributed by atoms with Crippen molar-refractivity contribution in [2.75, 3.05) is 5.32 Å². The van der Waals surface area contributed by atoms with Gasteiger partial charge in [-0.2, -0.15) is 10.2 Å². The Morgan fingerprint density at radius 3 is 2.72 bits per heavy atom. The molecule has 1 aliphatic rings. The molecular weight excluding hydrogens is 402 g/mol. The lowest BCUT2D eigenvalue weighted by Gasteiger charge is -2.27. The molecule has 7 nitrogen and oxygen atoms in total. The Kier molecular flexibility index (Phi) is 5.09. The van der Waals surface area contributed by atoms with Crippen LogP contribution in [0.3, 0.4) is 0 Å². The topological polar surface area (TPSA) is 81.8 Å². The number of aromatic nitrogens is 4. The fraction of sp³-hybridized carbons (Fsp3) is 0.280. The molecule has 162 valence electrons. The van der Waals surface area contributed by atoms with Gasteiger partial charge >= 0.3 is 0 Å². The van der Waals surface area contributed by atoms with Crippen molar-refractivity contribution in [2.45, 2.75) is 38.6 Å². The predicted octanol–water partition coefficient (Wildman–Crippen LogP) is 3.55. The molecule has 1 unspecified atom stereocenters. The molecule has 2 aromatic heterocycles. The van der Waals surface area contributed by atoms with E-state index in [0.29, 0.717) is 22.3 Å². The van der Waals surface area contributed by atoms with E-state index >= 15 is 0 Å². The van der Waals surface area contributed by atoms with E-state index in [2.05, 4.69) is 39.8 Å². The molecule has 1 aliphatic carbocycles. The standard InChI is InChI=1S/C25H25N5O2/c1-16-15-26-30(22-13-7-9-17-8-3-4-10-18(17)22)24(16)27-23(31)14-21-19-11-5-6-12-20(19)25(32)29(2)28-21/h3-6,8,10-12,15,22H,7,9,13-14H2,1-2H3,(H,27,31). The lowest BCUT2D eigenvalue weighted by Crippen LogP contribution is -2.26. The summed E-state index contributed by atoms with van der Waals surface area (Å²) in [6.45, 7) is 1.95. The molecule has 2 heterocycles. The summed E-state index contributed by atoms with van der Waals surface area (Å²) in [6.07, 6.45) is 5.00. The zero-order chi connectivity index (χ0) is 22.2. The lowest BCUT2D eigenvalue weighted by atomic mass is 9.88. The van der Waals surface area contributed by atoms with E-state index < -0.39 is 0 Å². The van der Waals surface area contributed by atoms with Crippen LogP contribution in [-0.4, -0.2) is 25.5 Å². The van der Waals surface area contributed by atoms with Crippen LogP contribution in [0.1, 0.15) is 41.3 Å². The second-order valence-electron chi connectivity index (χ2n) is 8.37. The van der Waals surface area contributed by atoms with Gasteiger partial charge < -0.3 is 5.32 Å². The Labute approximate surface area is 185 Å². The second kappa shape index (κ2) is 8.07. The largest absolute Gasteiger partial charge is 0.310 e. The highest BCUT2D eigenvalue weighted by Gasteiger charge is 2.25. The molecule has 0 saturated heterocycles. The van der Waals surface area contributed by atoms with Crippen LogP contribution in [0.25, 0.3) is 10.8 Å². The lowest BCUT2D eigenvalue weighted by molar-refractivity contribution is -0.115. The van der Waals surface area contributed by atoms with Crippen LogP contribution in [-0.2, 0) is 24.7 Å². The van der Waals surface area contributed by atoms with Gasteiger partial charge in [-0.1, -0.05) is 42.5 Å². The van der Waals surface area contributed by atoms with E-state index in [1.807, 2.05) is 29.8 Å². The highest BCUT2D eigenvalue weighted by Crippen LogP contribution is 2.35. The van der Waals surface area contributed by atoms with E-state index in [4.69, 9.17) is 0 Å². The number of amides is 1. The molecular formula is C25H25N5O2. The first kappa shape index (κ1) is 20.2. The van der Waals surface area contributed by atoms with E-state index in [0.717, 1.165) is 24.8 Å². The van der Waals surface area contributed by atoms with Gasteiger partial charge in [-0.25, -0.2) is 9.36 Å². The van der Waals surface area contributed by atoms with Gasteiger partial charge in [0.1, 0.15) is 5.82 Å². The van der Waals surface area contributed by atoms with Gasteiger partial charge in [0, 0.05) is 18.0 Å². The Balaban J connectivity index is 1.45. The maximum absolute atomic E-state index is 13.1. The zero-order valence-electron chi connectivity index (χ0n) is 18.2. The molecule has 0 spiro atoms. The molecule has 4 aromatic rings. The number of fused-ring (bicyclic) bond motifs is 2. The van der Waals surface area contributed by atoms with E-state index in [-0.39, 0.29) is 23.9 Å². The summed E-state index contributed by atoms with van der Waals surface area (Å²) < 4.78 is 3.23. The van der Waals surface area contributed by atoms with E-state index in [9.17, 15) is 9.59 Å². The molecule has 1 amide bonds. The van der Waals surface area contributed by atoms with Crippen LogP contribution in [0.15, 0.2) is 59.5 Å². The molecule has 2 aromatic carbocycles. The van der Waals surface area contributed by atoms with Crippen LogP contribution in [0.2, 0.25) is 0 Å². The number of rotatable bonds is 4. The molecule has 1 atom stereocenters. The van der Waals surface area contributed by atoms with Crippen LogP contribution in [0, 0.1) is 6.92 Å². The van der Waals surface area contributed by atoms with Crippen molar-refractivity contribution in [1.29, 1.82) is 0 Å².